The van der Waals surface area contributed by atoms with Crippen molar-refractivity contribution in [3.8, 4) is 0 Å². The number of hydrogen-bond donors (Lipinski definition) is 0. The molecule has 1 heterocycles. The minimum absolute atomic E-state index is 0.0903. The highest BCUT2D eigenvalue weighted by Crippen LogP contribution is 2.18. The molecule has 1 unspecified atom stereocenters. The highest BCUT2D eigenvalue weighted by molar-refractivity contribution is 5.90. The Balaban J connectivity index is 2.07. The van der Waals surface area contributed by atoms with Gasteiger partial charge in [-0.25, -0.2) is 0 Å². The van der Waals surface area contributed by atoms with Crippen molar-refractivity contribution in [2.45, 2.75) is 6.10 Å². The van der Waals surface area contributed by atoms with Crippen molar-refractivity contribution in [1.82, 2.24) is 0 Å². The Morgan fingerprint density at radius 1 is 1.17 bits per heavy atom. The second kappa shape index (κ2) is 3.07. The second-order valence-electron chi connectivity index (χ2n) is 2.90. The van der Waals surface area contributed by atoms with Crippen LogP contribution in [0.25, 0.3) is 0 Å². The van der Waals surface area contributed by atoms with Gasteiger partial charge in [0.05, 0.1) is 12.5 Å². The first kappa shape index (κ1) is 7.50. The van der Waals surface area contributed by atoms with E-state index < -0.39 is 0 Å². The van der Waals surface area contributed by atoms with Crippen LogP contribution in [0.5, 0.6) is 0 Å². The fourth-order valence-electron chi connectivity index (χ4n) is 1.18. The van der Waals surface area contributed by atoms with Gasteiger partial charge in [0.1, 0.15) is 6.10 Å². The van der Waals surface area contributed by atoms with E-state index in [0.717, 1.165) is 0 Å². The van der Waals surface area contributed by atoms with Crippen molar-refractivity contribution < 1.29 is 9.53 Å². The molecule has 1 atom stereocenters. The van der Waals surface area contributed by atoms with Crippen LogP contribution >= 0.6 is 0 Å². The predicted octanol–water partition coefficient (Wildman–Crippen LogP) is 1.25. The maximum atomic E-state index is 11.5. The summed E-state index contributed by atoms with van der Waals surface area (Å²) in [4.78, 5) is 11.5. The van der Waals surface area contributed by atoms with E-state index in [1.54, 1.807) is 0 Å². The van der Waals surface area contributed by atoms with E-state index in [0.29, 0.717) is 6.61 Å². The van der Waals surface area contributed by atoms with Crippen LogP contribution in [0.4, 0.5) is 0 Å². The largest absolute Gasteiger partial charge is 0.365 e. The van der Waals surface area contributed by atoms with Crippen LogP contribution in [0, 0.1) is 5.92 Å². The van der Waals surface area contributed by atoms with Crippen molar-refractivity contribution in [1.29, 1.82) is 0 Å². The molecule has 0 aromatic heterocycles. The van der Waals surface area contributed by atoms with Crippen LogP contribution < -0.4 is 0 Å². The number of carbonyl (C=O) groups excluding carboxylic acids is 1. The van der Waals surface area contributed by atoms with Crippen molar-refractivity contribution in [3.63, 3.8) is 0 Å². The Morgan fingerprint density at radius 3 is 2.25 bits per heavy atom. The second-order valence-corrected chi connectivity index (χ2v) is 2.90. The van der Waals surface area contributed by atoms with Crippen LogP contribution in [0.1, 0.15) is 0 Å². The molecule has 0 saturated carbocycles. The molecule has 2 rings (SSSR count). The van der Waals surface area contributed by atoms with E-state index in [2.05, 4.69) is 0 Å². The molecular formula is C10H10O2. The van der Waals surface area contributed by atoms with Crippen molar-refractivity contribution in [2.75, 3.05) is 6.61 Å². The first-order valence-electron chi connectivity index (χ1n) is 4.05. The Labute approximate surface area is 71.2 Å². The minimum atomic E-state index is -0.137. The lowest BCUT2D eigenvalue weighted by molar-refractivity contribution is -0.121. The van der Waals surface area contributed by atoms with Gasteiger partial charge in [-0.15, -0.1) is 0 Å². The lowest BCUT2D eigenvalue weighted by Crippen LogP contribution is -2.15. The van der Waals surface area contributed by atoms with Crippen molar-refractivity contribution >= 4 is 5.78 Å². The summed E-state index contributed by atoms with van der Waals surface area (Å²) < 4.78 is 4.93. The van der Waals surface area contributed by atoms with Crippen molar-refractivity contribution in [2.24, 2.45) is 5.92 Å². The third-order valence-corrected chi connectivity index (χ3v) is 1.95. The molecule has 2 nitrogen and oxygen atoms in total. The fraction of sp³-hybridized carbons (Fsp3) is 0.300. The van der Waals surface area contributed by atoms with Crippen LogP contribution in [0.3, 0.4) is 0 Å². The van der Waals surface area contributed by atoms with E-state index in [-0.39, 0.29) is 17.8 Å². The zero-order valence-corrected chi connectivity index (χ0v) is 6.64. The topological polar surface area (TPSA) is 29.6 Å². The van der Waals surface area contributed by atoms with Crippen LogP contribution in [-0.4, -0.2) is 18.5 Å². The summed E-state index contributed by atoms with van der Waals surface area (Å²) in [7, 11) is 0. The maximum absolute atomic E-state index is 11.5. The third kappa shape index (κ3) is 1.53. The molecule has 1 saturated heterocycles. The lowest BCUT2D eigenvalue weighted by Gasteiger charge is -2.01. The lowest BCUT2D eigenvalue weighted by atomic mass is 10.0. The highest BCUT2D eigenvalue weighted by atomic mass is 16.6. The fourth-order valence-corrected chi connectivity index (χ4v) is 1.18. The predicted molar refractivity (Wildman–Crippen MR) is 45.7 cm³/mol. The summed E-state index contributed by atoms with van der Waals surface area (Å²) >= 11 is 0. The van der Waals surface area contributed by atoms with Gasteiger partial charge in [-0.1, -0.05) is 36.5 Å². The standard InChI is InChI=1S/C10H10O2/c11-10(9-7-12-9)8-5-3-1-2-4-6-8/h1-6,8-9H,7H2. The van der Waals surface area contributed by atoms with Crippen LogP contribution in [0.15, 0.2) is 36.5 Å². The molecule has 12 heavy (non-hydrogen) atoms. The monoisotopic (exact) mass is 162 g/mol. The molecule has 62 valence electrons. The molecule has 0 bridgehead atoms. The molecule has 1 fully saturated rings. The summed E-state index contributed by atoms with van der Waals surface area (Å²) in [6, 6.07) is 0. The molecule has 0 amide bonds. The summed E-state index contributed by atoms with van der Waals surface area (Å²) in [5.41, 5.74) is 0. The first-order valence-corrected chi connectivity index (χ1v) is 4.05. The average Bonchev–Trinajstić information content (AvgIpc) is 2.92. The summed E-state index contributed by atoms with van der Waals surface area (Å²) in [6.07, 6.45) is 11.3. The summed E-state index contributed by atoms with van der Waals surface area (Å²) in [6.45, 7) is 0.602. The third-order valence-electron chi connectivity index (χ3n) is 1.95. The average molecular weight is 162 g/mol. The van der Waals surface area contributed by atoms with E-state index in [4.69, 9.17) is 4.74 Å². The van der Waals surface area contributed by atoms with E-state index in [1.165, 1.54) is 0 Å². The van der Waals surface area contributed by atoms with Gasteiger partial charge < -0.3 is 4.74 Å². The van der Waals surface area contributed by atoms with Crippen LogP contribution in [-0.2, 0) is 9.53 Å². The highest BCUT2D eigenvalue weighted by Gasteiger charge is 2.34. The van der Waals surface area contributed by atoms with Gasteiger partial charge in [-0.3, -0.25) is 4.79 Å². The Hall–Kier alpha value is -1.15. The van der Waals surface area contributed by atoms with Gasteiger partial charge >= 0.3 is 0 Å². The van der Waals surface area contributed by atoms with Gasteiger partial charge in [0.25, 0.3) is 0 Å². The number of Topliss-reactive ketones (excluding diaryl/α,β-unsaturated/α-hetero) is 1. The molecule has 2 heteroatoms. The van der Waals surface area contributed by atoms with E-state index in [1.807, 2.05) is 36.5 Å². The Bertz CT molecular complexity index is 254. The number of rotatable bonds is 2. The zero-order valence-electron chi connectivity index (χ0n) is 6.64. The Morgan fingerprint density at radius 2 is 1.75 bits per heavy atom. The first-order chi connectivity index (χ1) is 5.88. The molecule has 1 aliphatic carbocycles. The molecule has 2 aliphatic rings. The van der Waals surface area contributed by atoms with E-state index >= 15 is 0 Å². The van der Waals surface area contributed by atoms with E-state index in [9.17, 15) is 4.79 Å². The molecule has 0 spiro atoms. The number of allylic oxidation sites excluding steroid dienone is 6. The maximum Gasteiger partial charge on any atom is 0.174 e. The Kier molecular flexibility index (Phi) is 1.92. The summed E-state index contributed by atoms with van der Waals surface area (Å²) in [5, 5.41) is 0. The SMILES string of the molecule is O=C(C1C=CC=CC=C1)C1CO1. The van der Waals surface area contributed by atoms with Gasteiger partial charge in [0, 0.05) is 0 Å². The molecule has 0 N–H and O–H groups in total. The molecule has 1 aliphatic heterocycles. The number of carbonyl (C=O) groups is 1. The van der Waals surface area contributed by atoms with Gasteiger partial charge in [0.15, 0.2) is 5.78 Å². The van der Waals surface area contributed by atoms with Gasteiger partial charge in [0.2, 0.25) is 0 Å². The number of ketones is 1. The normalized spacial score (nSPS) is 27.2. The zero-order chi connectivity index (χ0) is 8.39. The smallest absolute Gasteiger partial charge is 0.174 e. The van der Waals surface area contributed by atoms with Gasteiger partial charge in [-0.2, -0.15) is 0 Å². The number of hydrogen-bond acceptors (Lipinski definition) is 2. The molecule has 0 radical (unpaired) electrons. The van der Waals surface area contributed by atoms with Gasteiger partial charge in [-0.05, 0) is 0 Å². The summed E-state index contributed by atoms with van der Waals surface area (Å²) in [5.74, 6) is 0.0821. The molecular weight excluding hydrogens is 152 g/mol. The van der Waals surface area contributed by atoms with Crippen LogP contribution in [0.2, 0.25) is 0 Å². The number of ether oxygens (including phenoxy) is 1. The molecule has 0 aromatic rings. The number of epoxide rings is 1. The quantitative estimate of drug-likeness (QED) is 0.572. The molecule has 0 aromatic carbocycles. The minimum Gasteiger partial charge on any atom is -0.365 e. The van der Waals surface area contributed by atoms with Crippen molar-refractivity contribution in [3.05, 3.63) is 36.5 Å².